The van der Waals surface area contributed by atoms with Crippen molar-refractivity contribution in [2.75, 3.05) is 5.32 Å². The Kier molecular flexibility index (Phi) is 2.50. The van der Waals surface area contributed by atoms with Gasteiger partial charge in [0.1, 0.15) is 11.8 Å². The molecule has 0 saturated carbocycles. The van der Waals surface area contributed by atoms with E-state index in [9.17, 15) is 4.79 Å². The molecule has 2 aromatic heterocycles. The number of fused-ring (bicyclic) bond motifs is 3. The molecule has 5 heteroatoms. The summed E-state index contributed by atoms with van der Waals surface area (Å²) in [5.41, 5.74) is 4.10. The second-order valence-corrected chi connectivity index (χ2v) is 4.35. The third-order valence-corrected chi connectivity index (χ3v) is 3.08. The zero-order valence-corrected chi connectivity index (χ0v) is 10.3. The van der Waals surface area contributed by atoms with Gasteiger partial charge in [-0.25, -0.2) is 4.98 Å². The van der Waals surface area contributed by atoms with E-state index in [4.69, 9.17) is 5.26 Å². The maximum absolute atomic E-state index is 11.9. The lowest BCUT2D eigenvalue weighted by molar-refractivity contribution is -0.115. The predicted octanol–water partition coefficient (Wildman–Crippen LogP) is 1.82. The fraction of sp³-hybridized carbons (Fsp3) is 0.143. The van der Waals surface area contributed by atoms with E-state index in [0.29, 0.717) is 17.1 Å². The fourth-order valence-electron chi connectivity index (χ4n) is 2.32. The number of aryl methyl sites for hydroxylation is 1. The molecular formula is C14H10N4O. The maximum Gasteiger partial charge on any atom is 0.230 e. The Labute approximate surface area is 109 Å². The number of carbonyl (C=O) groups is 1. The van der Waals surface area contributed by atoms with E-state index in [0.717, 1.165) is 16.8 Å². The van der Waals surface area contributed by atoms with Gasteiger partial charge in [0, 0.05) is 23.0 Å². The molecule has 0 atom stereocenters. The van der Waals surface area contributed by atoms with Crippen molar-refractivity contribution in [2.24, 2.45) is 0 Å². The van der Waals surface area contributed by atoms with E-state index in [1.165, 1.54) is 0 Å². The molecule has 5 nitrogen and oxygen atoms in total. The number of rotatable bonds is 0. The zero-order chi connectivity index (χ0) is 13.4. The van der Waals surface area contributed by atoms with Gasteiger partial charge >= 0.3 is 0 Å². The minimum absolute atomic E-state index is 0.131. The van der Waals surface area contributed by atoms with Crippen LogP contribution in [0.3, 0.4) is 0 Å². The Morgan fingerprint density at radius 3 is 3.11 bits per heavy atom. The van der Waals surface area contributed by atoms with Crippen LogP contribution in [-0.4, -0.2) is 15.9 Å². The van der Waals surface area contributed by atoms with Gasteiger partial charge in [0.25, 0.3) is 0 Å². The highest BCUT2D eigenvalue weighted by atomic mass is 16.1. The number of anilines is 1. The maximum atomic E-state index is 11.9. The van der Waals surface area contributed by atoms with Gasteiger partial charge in [-0.1, -0.05) is 6.07 Å². The molecule has 0 spiro atoms. The summed E-state index contributed by atoms with van der Waals surface area (Å²) < 4.78 is 0. The van der Waals surface area contributed by atoms with Gasteiger partial charge in [-0.05, 0) is 19.1 Å². The van der Waals surface area contributed by atoms with Crippen molar-refractivity contribution >= 4 is 11.6 Å². The molecule has 3 rings (SSSR count). The van der Waals surface area contributed by atoms with Crippen molar-refractivity contribution in [1.29, 1.82) is 5.26 Å². The van der Waals surface area contributed by atoms with Gasteiger partial charge < -0.3 is 5.32 Å². The van der Waals surface area contributed by atoms with Gasteiger partial charge in [-0.3, -0.25) is 9.78 Å². The Bertz CT molecular complexity index is 731. The Balaban J connectivity index is 2.35. The molecule has 19 heavy (non-hydrogen) atoms. The molecule has 0 bridgehead atoms. The molecule has 0 aromatic carbocycles. The third-order valence-electron chi connectivity index (χ3n) is 3.08. The number of hydrogen-bond donors (Lipinski definition) is 1. The summed E-state index contributed by atoms with van der Waals surface area (Å²) in [6.45, 7) is 1.83. The Morgan fingerprint density at radius 2 is 2.32 bits per heavy atom. The number of amides is 1. The highest BCUT2D eigenvalue weighted by molar-refractivity contribution is 6.00. The summed E-state index contributed by atoms with van der Waals surface area (Å²) in [5.74, 6) is -0.131. The molecule has 0 radical (unpaired) electrons. The first kappa shape index (κ1) is 11.4. The minimum atomic E-state index is -0.131. The van der Waals surface area contributed by atoms with Crippen LogP contribution in [0.25, 0.3) is 11.1 Å². The van der Waals surface area contributed by atoms with Crippen LogP contribution in [0.15, 0.2) is 24.4 Å². The zero-order valence-electron chi connectivity index (χ0n) is 10.3. The van der Waals surface area contributed by atoms with Crippen molar-refractivity contribution in [3.8, 4) is 17.2 Å². The number of pyridine rings is 2. The Hall–Kier alpha value is -2.74. The molecular weight excluding hydrogens is 240 g/mol. The van der Waals surface area contributed by atoms with E-state index >= 15 is 0 Å². The quantitative estimate of drug-likeness (QED) is 0.773. The first-order chi connectivity index (χ1) is 9.19. The standard InChI is InChI=1S/C14H10N4O/c1-8-14-10-3-2-4-16-11(10)6-13(19)18-12(14)5-9(7-15)17-8/h2-5H,6H2,1H3,(H,18,19). The normalized spacial score (nSPS) is 12.7. The number of nitrogens with one attached hydrogen (secondary N) is 1. The number of nitrogens with zero attached hydrogens (tertiary/aromatic N) is 3. The fourth-order valence-corrected chi connectivity index (χ4v) is 2.32. The number of aromatic nitrogens is 2. The Morgan fingerprint density at radius 1 is 1.47 bits per heavy atom. The highest BCUT2D eigenvalue weighted by Crippen LogP contribution is 2.35. The molecule has 1 N–H and O–H groups in total. The second-order valence-electron chi connectivity index (χ2n) is 4.35. The number of nitriles is 1. The van der Waals surface area contributed by atoms with Crippen LogP contribution in [0.1, 0.15) is 17.1 Å². The summed E-state index contributed by atoms with van der Waals surface area (Å²) in [6, 6.07) is 7.35. The van der Waals surface area contributed by atoms with E-state index < -0.39 is 0 Å². The van der Waals surface area contributed by atoms with Gasteiger partial charge in [-0.15, -0.1) is 0 Å². The monoisotopic (exact) mass is 250 g/mol. The van der Waals surface area contributed by atoms with E-state index in [1.54, 1.807) is 12.3 Å². The topological polar surface area (TPSA) is 78.7 Å². The van der Waals surface area contributed by atoms with Crippen LogP contribution in [0.5, 0.6) is 0 Å². The first-order valence-electron chi connectivity index (χ1n) is 5.85. The van der Waals surface area contributed by atoms with Crippen molar-refractivity contribution in [3.63, 3.8) is 0 Å². The molecule has 0 saturated heterocycles. The van der Waals surface area contributed by atoms with Crippen LogP contribution in [-0.2, 0) is 11.2 Å². The van der Waals surface area contributed by atoms with Gasteiger partial charge in [-0.2, -0.15) is 5.26 Å². The highest BCUT2D eigenvalue weighted by Gasteiger charge is 2.22. The van der Waals surface area contributed by atoms with E-state index in [-0.39, 0.29) is 12.3 Å². The molecule has 92 valence electrons. The van der Waals surface area contributed by atoms with E-state index in [2.05, 4.69) is 15.3 Å². The predicted molar refractivity (Wildman–Crippen MR) is 69.3 cm³/mol. The molecule has 0 unspecified atom stereocenters. The lowest BCUT2D eigenvalue weighted by atomic mass is 10.0. The smallest absolute Gasteiger partial charge is 0.230 e. The van der Waals surface area contributed by atoms with Crippen molar-refractivity contribution < 1.29 is 4.79 Å². The van der Waals surface area contributed by atoms with E-state index in [1.807, 2.05) is 25.1 Å². The number of hydrogen-bond acceptors (Lipinski definition) is 4. The molecule has 1 amide bonds. The van der Waals surface area contributed by atoms with Crippen LogP contribution < -0.4 is 5.32 Å². The minimum Gasteiger partial charge on any atom is -0.325 e. The first-order valence-corrected chi connectivity index (χ1v) is 5.85. The SMILES string of the molecule is Cc1nc(C#N)cc2c1-c1cccnc1CC(=O)N2. The lowest BCUT2D eigenvalue weighted by Crippen LogP contribution is -2.13. The summed E-state index contributed by atoms with van der Waals surface area (Å²) in [7, 11) is 0. The van der Waals surface area contributed by atoms with Crippen molar-refractivity contribution in [3.05, 3.63) is 41.5 Å². The largest absolute Gasteiger partial charge is 0.325 e. The van der Waals surface area contributed by atoms with Crippen LogP contribution in [0.2, 0.25) is 0 Å². The van der Waals surface area contributed by atoms with Crippen molar-refractivity contribution in [1.82, 2.24) is 9.97 Å². The molecule has 1 aliphatic heterocycles. The van der Waals surface area contributed by atoms with Crippen LogP contribution in [0.4, 0.5) is 5.69 Å². The van der Waals surface area contributed by atoms with Gasteiger partial charge in [0.05, 0.1) is 17.8 Å². The third kappa shape index (κ3) is 1.83. The van der Waals surface area contributed by atoms with Crippen LogP contribution >= 0.6 is 0 Å². The summed E-state index contributed by atoms with van der Waals surface area (Å²) in [4.78, 5) is 20.4. The summed E-state index contributed by atoms with van der Waals surface area (Å²) in [5, 5.41) is 11.8. The lowest BCUT2D eigenvalue weighted by Gasteiger charge is -2.11. The summed E-state index contributed by atoms with van der Waals surface area (Å²) >= 11 is 0. The molecule has 3 heterocycles. The number of carbonyl (C=O) groups excluding carboxylic acids is 1. The van der Waals surface area contributed by atoms with Gasteiger partial charge in [0.15, 0.2) is 0 Å². The summed E-state index contributed by atoms with van der Waals surface area (Å²) in [6.07, 6.45) is 1.90. The molecule has 1 aliphatic rings. The molecule has 0 fully saturated rings. The average Bonchev–Trinajstić information content (AvgIpc) is 2.53. The van der Waals surface area contributed by atoms with Crippen LogP contribution in [0, 0.1) is 18.3 Å². The molecule has 0 aliphatic carbocycles. The van der Waals surface area contributed by atoms with Crippen molar-refractivity contribution in [2.45, 2.75) is 13.3 Å². The second kappa shape index (κ2) is 4.18. The molecule has 2 aromatic rings. The average molecular weight is 250 g/mol. The van der Waals surface area contributed by atoms with Gasteiger partial charge in [0.2, 0.25) is 5.91 Å².